The van der Waals surface area contributed by atoms with Crippen molar-refractivity contribution in [1.82, 2.24) is 14.8 Å². The van der Waals surface area contributed by atoms with Crippen LogP contribution in [0.1, 0.15) is 17.3 Å². The molecule has 0 saturated carbocycles. The molecule has 1 aliphatic rings. The van der Waals surface area contributed by atoms with Crippen LogP contribution in [-0.2, 0) is 0 Å². The van der Waals surface area contributed by atoms with Crippen molar-refractivity contribution in [2.75, 3.05) is 32.4 Å². The van der Waals surface area contributed by atoms with Crippen LogP contribution in [-0.4, -0.2) is 58.3 Å². The molecule has 0 radical (unpaired) electrons. The third-order valence-corrected chi connectivity index (χ3v) is 3.58. The number of carbonyl (C=O) groups is 1. The number of nitrogens with zero attached hydrogens (tertiary/aromatic N) is 4. The molecule has 108 valence electrons. The summed E-state index contributed by atoms with van der Waals surface area (Å²) in [6, 6.07) is 1.48. The molecule has 2 rings (SSSR count). The maximum absolute atomic E-state index is 12.4. The van der Waals surface area contributed by atoms with Crippen molar-refractivity contribution < 1.29 is 9.72 Å². The molecular formula is C12H17N5O3. The van der Waals surface area contributed by atoms with Crippen LogP contribution in [0.4, 0.5) is 11.5 Å². The number of aromatic nitrogens is 1. The summed E-state index contributed by atoms with van der Waals surface area (Å²) in [5, 5.41) is 11.0. The molecule has 0 aromatic carbocycles. The molecule has 1 aliphatic heterocycles. The SMILES string of the molecule is CC1CN(C(=O)c2cc(N)ncc2[N+](=O)[O-])CCN1C. The number of carbonyl (C=O) groups excluding carboxylic acids is 1. The van der Waals surface area contributed by atoms with Gasteiger partial charge >= 0.3 is 0 Å². The van der Waals surface area contributed by atoms with Crippen LogP contribution in [0.15, 0.2) is 12.3 Å². The van der Waals surface area contributed by atoms with Crippen molar-refractivity contribution in [3.05, 3.63) is 27.9 Å². The van der Waals surface area contributed by atoms with Gasteiger partial charge in [-0.05, 0) is 20.0 Å². The van der Waals surface area contributed by atoms with Gasteiger partial charge in [0.15, 0.2) is 0 Å². The maximum atomic E-state index is 12.4. The Bertz CT molecular complexity index is 548. The smallest absolute Gasteiger partial charge is 0.300 e. The molecule has 2 heterocycles. The molecule has 1 aromatic rings. The summed E-state index contributed by atoms with van der Waals surface area (Å²) in [4.78, 5) is 30.2. The van der Waals surface area contributed by atoms with E-state index in [-0.39, 0.29) is 29.0 Å². The number of pyridine rings is 1. The highest BCUT2D eigenvalue weighted by molar-refractivity contribution is 5.98. The lowest BCUT2D eigenvalue weighted by Gasteiger charge is -2.37. The number of nitrogens with two attached hydrogens (primary N) is 1. The van der Waals surface area contributed by atoms with Gasteiger partial charge in [0.05, 0.1) is 4.92 Å². The third kappa shape index (κ3) is 2.69. The number of hydrogen-bond acceptors (Lipinski definition) is 6. The van der Waals surface area contributed by atoms with E-state index in [9.17, 15) is 14.9 Å². The fraction of sp³-hybridized carbons (Fsp3) is 0.500. The summed E-state index contributed by atoms with van der Waals surface area (Å²) in [7, 11) is 1.99. The fourth-order valence-electron chi connectivity index (χ4n) is 2.18. The lowest BCUT2D eigenvalue weighted by atomic mass is 10.1. The van der Waals surface area contributed by atoms with E-state index in [0.717, 1.165) is 12.7 Å². The van der Waals surface area contributed by atoms with E-state index < -0.39 is 4.92 Å². The first-order valence-corrected chi connectivity index (χ1v) is 6.29. The van der Waals surface area contributed by atoms with Crippen LogP contribution in [0, 0.1) is 10.1 Å². The monoisotopic (exact) mass is 279 g/mol. The van der Waals surface area contributed by atoms with Crippen LogP contribution in [0.2, 0.25) is 0 Å². The zero-order valence-corrected chi connectivity index (χ0v) is 11.4. The van der Waals surface area contributed by atoms with E-state index in [2.05, 4.69) is 9.88 Å². The standard InChI is InChI=1S/C12H17N5O3/c1-8-7-16(4-3-15(8)2)12(18)9-5-11(13)14-6-10(9)17(19)20/h5-6,8H,3-4,7H2,1-2H3,(H2,13,14). The number of hydrogen-bond donors (Lipinski definition) is 1. The quantitative estimate of drug-likeness (QED) is 0.618. The third-order valence-electron chi connectivity index (χ3n) is 3.58. The van der Waals surface area contributed by atoms with Gasteiger partial charge in [0.25, 0.3) is 11.6 Å². The molecule has 1 unspecified atom stereocenters. The molecule has 1 fully saturated rings. The lowest BCUT2D eigenvalue weighted by molar-refractivity contribution is -0.385. The van der Waals surface area contributed by atoms with E-state index in [0.29, 0.717) is 13.1 Å². The van der Waals surface area contributed by atoms with E-state index in [4.69, 9.17) is 5.73 Å². The number of likely N-dealkylation sites (N-methyl/N-ethyl adjacent to an activating group) is 1. The molecule has 0 aliphatic carbocycles. The highest BCUT2D eigenvalue weighted by Gasteiger charge is 2.29. The minimum absolute atomic E-state index is 0.000692. The van der Waals surface area contributed by atoms with E-state index >= 15 is 0 Å². The van der Waals surface area contributed by atoms with Crippen molar-refractivity contribution >= 4 is 17.4 Å². The Balaban J connectivity index is 2.29. The molecule has 20 heavy (non-hydrogen) atoms. The molecule has 2 N–H and O–H groups in total. The lowest BCUT2D eigenvalue weighted by Crippen LogP contribution is -2.52. The minimum atomic E-state index is -0.612. The zero-order valence-electron chi connectivity index (χ0n) is 11.4. The van der Waals surface area contributed by atoms with Gasteiger partial charge in [-0.3, -0.25) is 14.9 Å². The van der Waals surface area contributed by atoms with Crippen LogP contribution in [0.3, 0.4) is 0 Å². The largest absolute Gasteiger partial charge is 0.384 e. The average Bonchev–Trinajstić information content (AvgIpc) is 2.40. The minimum Gasteiger partial charge on any atom is -0.384 e. The van der Waals surface area contributed by atoms with Crippen molar-refractivity contribution in [3.8, 4) is 0 Å². The molecule has 1 amide bonds. The van der Waals surface area contributed by atoms with Crippen LogP contribution in [0.25, 0.3) is 0 Å². The first-order valence-electron chi connectivity index (χ1n) is 6.29. The van der Waals surface area contributed by atoms with Crippen molar-refractivity contribution in [2.24, 2.45) is 0 Å². The number of amides is 1. The second kappa shape index (κ2) is 5.41. The summed E-state index contributed by atoms with van der Waals surface area (Å²) in [6.07, 6.45) is 1.03. The van der Waals surface area contributed by atoms with Gasteiger partial charge in [-0.25, -0.2) is 4.98 Å². The first-order chi connectivity index (χ1) is 9.40. The highest BCUT2D eigenvalue weighted by atomic mass is 16.6. The topological polar surface area (TPSA) is 106 Å². The van der Waals surface area contributed by atoms with Gasteiger partial charge < -0.3 is 15.5 Å². The number of anilines is 1. The molecule has 0 spiro atoms. The Morgan fingerprint density at radius 3 is 2.85 bits per heavy atom. The molecular weight excluding hydrogens is 262 g/mol. The van der Waals surface area contributed by atoms with Gasteiger partial charge in [-0.1, -0.05) is 0 Å². The molecule has 0 bridgehead atoms. The second-order valence-electron chi connectivity index (χ2n) is 4.96. The summed E-state index contributed by atoms with van der Waals surface area (Å²) in [6.45, 7) is 3.82. The van der Waals surface area contributed by atoms with Gasteiger partial charge in [-0.15, -0.1) is 0 Å². The summed E-state index contributed by atoms with van der Waals surface area (Å²) in [5.41, 5.74) is 5.22. The van der Waals surface area contributed by atoms with Crippen molar-refractivity contribution in [1.29, 1.82) is 0 Å². The second-order valence-corrected chi connectivity index (χ2v) is 4.96. The fourth-order valence-corrected chi connectivity index (χ4v) is 2.18. The molecule has 1 atom stereocenters. The van der Waals surface area contributed by atoms with Gasteiger partial charge in [0, 0.05) is 25.7 Å². The van der Waals surface area contributed by atoms with E-state index in [1.165, 1.54) is 6.07 Å². The first kappa shape index (κ1) is 14.2. The Labute approximate surface area is 116 Å². The Hall–Kier alpha value is -2.22. The molecule has 1 aromatic heterocycles. The average molecular weight is 279 g/mol. The Morgan fingerprint density at radius 1 is 1.55 bits per heavy atom. The number of rotatable bonds is 2. The summed E-state index contributed by atoms with van der Waals surface area (Å²) < 4.78 is 0. The highest BCUT2D eigenvalue weighted by Crippen LogP contribution is 2.22. The molecule has 8 nitrogen and oxygen atoms in total. The number of piperazine rings is 1. The van der Waals surface area contributed by atoms with E-state index in [1.54, 1.807) is 4.90 Å². The Kier molecular flexibility index (Phi) is 3.84. The maximum Gasteiger partial charge on any atom is 0.300 e. The predicted octanol–water partition coefficient (Wildman–Crippen LogP) is 0.348. The normalized spacial score (nSPS) is 19.9. The van der Waals surface area contributed by atoms with Crippen LogP contribution < -0.4 is 5.73 Å². The molecule has 1 saturated heterocycles. The van der Waals surface area contributed by atoms with Crippen LogP contribution >= 0.6 is 0 Å². The van der Waals surface area contributed by atoms with Crippen molar-refractivity contribution in [2.45, 2.75) is 13.0 Å². The van der Waals surface area contributed by atoms with Crippen molar-refractivity contribution in [3.63, 3.8) is 0 Å². The van der Waals surface area contributed by atoms with E-state index in [1.807, 2.05) is 14.0 Å². The van der Waals surface area contributed by atoms with Gasteiger partial charge in [0.1, 0.15) is 17.6 Å². The summed E-state index contributed by atoms with van der Waals surface area (Å²) >= 11 is 0. The van der Waals surface area contributed by atoms with Crippen LogP contribution in [0.5, 0.6) is 0 Å². The predicted molar refractivity (Wildman–Crippen MR) is 73.3 cm³/mol. The molecule has 8 heteroatoms. The number of nitro groups is 1. The number of nitrogen functional groups attached to an aromatic ring is 1. The summed E-state index contributed by atoms with van der Waals surface area (Å²) in [5.74, 6) is -0.271. The zero-order chi connectivity index (χ0) is 14.9. The van der Waals surface area contributed by atoms with Gasteiger partial charge in [0.2, 0.25) is 0 Å². The Morgan fingerprint density at radius 2 is 2.25 bits per heavy atom. The van der Waals surface area contributed by atoms with Gasteiger partial charge in [-0.2, -0.15) is 0 Å².